The molecule has 3 aliphatic rings. The van der Waals surface area contributed by atoms with E-state index < -0.39 is 0 Å². The van der Waals surface area contributed by atoms with Crippen molar-refractivity contribution in [2.45, 2.75) is 92.8 Å². The van der Waals surface area contributed by atoms with Crippen LogP contribution in [0.4, 0.5) is 5.13 Å². The fraction of sp³-hybridized carbons (Fsp3) is 0.708. The van der Waals surface area contributed by atoms with Crippen molar-refractivity contribution in [2.24, 2.45) is 5.92 Å². The molecular weight excluding hydrogens is 454 g/mol. The highest BCUT2D eigenvalue weighted by Crippen LogP contribution is 2.34. The van der Waals surface area contributed by atoms with Gasteiger partial charge in [-0.25, -0.2) is 9.97 Å². The molecule has 0 radical (unpaired) electrons. The van der Waals surface area contributed by atoms with Crippen LogP contribution in [-0.4, -0.2) is 52.0 Å². The summed E-state index contributed by atoms with van der Waals surface area (Å²) in [4.78, 5) is 24.3. The Balaban J connectivity index is 1.07. The van der Waals surface area contributed by atoms with E-state index in [1.165, 1.54) is 37.0 Å². The van der Waals surface area contributed by atoms with Gasteiger partial charge >= 0.3 is 0 Å². The van der Waals surface area contributed by atoms with Crippen molar-refractivity contribution in [3.8, 4) is 0 Å². The fourth-order valence-electron chi connectivity index (χ4n) is 5.30. The Labute approximate surface area is 204 Å². The van der Waals surface area contributed by atoms with Crippen LogP contribution in [0.25, 0.3) is 0 Å². The maximum absolute atomic E-state index is 12.8. The minimum atomic E-state index is -0.0404. The van der Waals surface area contributed by atoms with Gasteiger partial charge in [0, 0.05) is 29.5 Å². The molecule has 180 valence electrons. The van der Waals surface area contributed by atoms with Gasteiger partial charge in [0.15, 0.2) is 5.13 Å². The van der Waals surface area contributed by atoms with E-state index in [1.54, 1.807) is 11.8 Å². The normalized spacial score (nSPS) is 26.6. The summed E-state index contributed by atoms with van der Waals surface area (Å²) in [5, 5.41) is 7.48. The number of carbonyl (C=O) groups is 1. The molecule has 2 aromatic heterocycles. The van der Waals surface area contributed by atoms with Crippen molar-refractivity contribution in [3.63, 3.8) is 0 Å². The van der Waals surface area contributed by atoms with Gasteiger partial charge in [-0.1, -0.05) is 32.1 Å². The smallest absolute Gasteiger partial charge is 0.229 e. The van der Waals surface area contributed by atoms with Gasteiger partial charge in [0.2, 0.25) is 11.8 Å². The van der Waals surface area contributed by atoms with Crippen LogP contribution >= 0.6 is 23.1 Å². The first-order valence-corrected chi connectivity index (χ1v) is 14.0. The molecule has 7 nitrogen and oxygen atoms in total. The van der Waals surface area contributed by atoms with Crippen LogP contribution in [0.2, 0.25) is 0 Å². The van der Waals surface area contributed by atoms with Crippen LogP contribution in [0, 0.1) is 5.92 Å². The number of anilines is 1. The van der Waals surface area contributed by atoms with Gasteiger partial charge in [-0.05, 0) is 51.6 Å². The Morgan fingerprint density at radius 2 is 1.91 bits per heavy atom. The van der Waals surface area contributed by atoms with E-state index in [1.807, 2.05) is 12.4 Å². The highest BCUT2D eigenvalue weighted by molar-refractivity contribution is 8.00. The molecular formula is C24H35N5O2S2. The SMILES string of the molecule is CC(C)(C)c1cnc(CSc2cnc(NC(=O)C3CCN(C4CC5CCC(C4)N5)CC3)s2)o1. The van der Waals surface area contributed by atoms with Crippen molar-refractivity contribution in [1.29, 1.82) is 0 Å². The van der Waals surface area contributed by atoms with E-state index in [9.17, 15) is 4.79 Å². The third kappa shape index (κ3) is 5.63. The number of nitrogens with one attached hydrogen (secondary N) is 2. The monoisotopic (exact) mass is 489 g/mol. The second-order valence-corrected chi connectivity index (χ2v) is 13.0. The van der Waals surface area contributed by atoms with Gasteiger partial charge in [0.1, 0.15) is 5.76 Å². The second kappa shape index (κ2) is 9.68. The van der Waals surface area contributed by atoms with Crippen LogP contribution in [0.1, 0.15) is 70.9 Å². The maximum atomic E-state index is 12.8. The van der Waals surface area contributed by atoms with E-state index in [2.05, 4.69) is 46.3 Å². The predicted octanol–water partition coefficient (Wildman–Crippen LogP) is 4.65. The Morgan fingerprint density at radius 3 is 2.58 bits per heavy atom. The molecule has 2 N–H and O–H groups in total. The first kappa shape index (κ1) is 23.3. The second-order valence-electron chi connectivity index (χ2n) is 10.7. The minimum Gasteiger partial charge on any atom is -0.444 e. The van der Waals surface area contributed by atoms with Crippen LogP contribution in [-0.2, 0) is 16.0 Å². The summed E-state index contributed by atoms with van der Waals surface area (Å²) in [5.41, 5.74) is -0.0404. The number of hydrogen-bond donors (Lipinski definition) is 2. The molecule has 0 aromatic carbocycles. The van der Waals surface area contributed by atoms with E-state index in [-0.39, 0.29) is 17.2 Å². The lowest BCUT2D eigenvalue weighted by Gasteiger charge is -2.41. The first-order valence-electron chi connectivity index (χ1n) is 12.2. The molecule has 2 unspecified atom stereocenters. The quantitative estimate of drug-likeness (QED) is 0.571. The molecule has 1 amide bonds. The number of amides is 1. The number of thioether (sulfide) groups is 1. The topological polar surface area (TPSA) is 83.3 Å². The van der Waals surface area contributed by atoms with Gasteiger partial charge in [-0.15, -0.1) is 11.8 Å². The molecule has 9 heteroatoms. The highest BCUT2D eigenvalue weighted by atomic mass is 32.2. The van der Waals surface area contributed by atoms with Crippen molar-refractivity contribution < 1.29 is 9.21 Å². The lowest BCUT2D eigenvalue weighted by atomic mass is 9.91. The Hall–Kier alpha value is -1.42. The third-order valence-corrected chi connectivity index (χ3v) is 9.30. The number of carbonyl (C=O) groups excluding carboxylic acids is 1. The minimum absolute atomic E-state index is 0.0404. The van der Waals surface area contributed by atoms with Crippen LogP contribution in [0.5, 0.6) is 0 Å². The van der Waals surface area contributed by atoms with Crippen LogP contribution in [0.15, 0.2) is 21.0 Å². The van der Waals surface area contributed by atoms with Crippen molar-refractivity contribution in [1.82, 2.24) is 20.2 Å². The number of oxazole rings is 1. The average molecular weight is 490 g/mol. The summed E-state index contributed by atoms with van der Waals surface area (Å²) in [5.74, 6) is 2.48. The summed E-state index contributed by atoms with van der Waals surface area (Å²) in [6, 6.07) is 2.14. The van der Waals surface area contributed by atoms with Gasteiger partial charge < -0.3 is 20.0 Å². The van der Waals surface area contributed by atoms with E-state index in [4.69, 9.17) is 4.42 Å². The van der Waals surface area contributed by atoms with Crippen LogP contribution in [0.3, 0.4) is 0 Å². The van der Waals surface area contributed by atoms with Gasteiger partial charge in [-0.3, -0.25) is 4.79 Å². The molecule has 5 heterocycles. The lowest BCUT2D eigenvalue weighted by molar-refractivity contribution is -0.121. The van der Waals surface area contributed by atoms with Gasteiger partial charge in [0.05, 0.1) is 22.4 Å². The first-order chi connectivity index (χ1) is 15.8. The standard InChI is InChI=1S/C24H35N5O2S2/c1-24(2,3)19-12-25-20(31-19)14-32-21-13-26-23(33-21)28-22(30)15-6-8-29(9-7-15)18-10-16-4-5-17(11-18)27-16/h12-13,15-18,27H,4-11,14H2,1-3H3,(H,26,28,30). The number of nitrogens with zero attached hydrogens (tertiary/aromatic N) is 3. The maximum Gasteiger partial charge on any atom is 0.229 e. The zero-order valence-electron chi connectivity index (χ0n) is 19.8. The number of rotatable bonds is 6. The summed E-state index contributed by atoms with van der Waals surface area (Å²) in [6.45, 7) is 8.41. The number of hydrogen-bond acceptors (Lipinski definition) is 8. The number of piperidine rings is 2. The number of thiazole rings is 1. The molecule has 0 spiro atoms. The van der Waals surface area contributed by atoms with E-state index in [0.29, 0.717) is 16.9 Å². The van der Waals surface area contributed by atoms with Crippen molar-refractivity contribution >= 4 is 34.1 Å². The Kier molecular flexibility index (Phi) is 6.84. The third-order valence-electron chi connectivity index (χ3n) is 7.21. The molecule has 2 atom stereocenters. The van der Waals surface area contributed by atoms with Crippen molar-refractivity contribution in [3.05, 3.63) is 24.0 Å². The Morgan fingerprint density at radius 1 is 1.18 bits per heavy atom. The molecule has 3 aliphatic heterocycles. The number of aromatic nitrogens is 2. The molecule has 0 aliphatic carbocycles. The predicted molar refractivity (Wildman–Crippen MR) is 133 cm³/mol. The zero-order valence-corrected chi connectivity index (χ0v) is 21.4. The zero-order chi connectivity index (χ0) is 23.0. The molecule has 2 aromatic rings. The molecule has 3 saturated heterocycles. The average Bonchev–Trinajstić information content (AvgIpc) is 3.52. The molecule has 3 fully saturated rings. The van der Waals surface area contributed by atoms with E-state index in [0.717, 1.165) is 53.9 Å². The van der Waals surface area contributed by atoms with Crippen LogP contribution < -0.4 is 10.6 Å². The summed E-state index contributed by atoms with van der Waals surface area (Å²) >= 11 is 3.16. The summed E-state index contributed by atoms with van der Waals surface area (Å²) < 4.78 is 6.92. The fourth-order valence-corrected chi connectivity index (χ4v) is 7.03. The lowest BCUT2D eigenvalue weighted by Crippen LogP contribution is -2.51. The molecule has 5 rings (SSSR count). The summed E-state index contributed by atoms with van der Waals surface area (Å²) in [6.07, 6.45) is 10.8. The molecule has 33 heavy (non-hydrogen) atoms. The van der Waals surface area contributed by atoms with Crippen molar-refractivity contribution in [2.75, 3.05) is 18.4 Å². The Bertz CT molecular complexity index is 948. The number of likely N-dealkylation sites (tertiary alicyclic amines) is 1. The largest absolute Gasteiger partial charge is 0.444 e. The van der Waals surface area contributed by atoms with Gasteiger partial charge in [0.25, 0.3) is 0 Å². The highest BCUT2D eigenvalue weighted by Gasteiger charge is 2.37. The molecule has 0 saturated carbocycles. The number of fused-ring (bicyclic) bond motifs is 2. The van der Waals surface area contributed by atoms with Gasteiger partial charge in [-0.2, -0.15) is 0 Å². The summed E-state index contributed by atoms with van der Waals surface area (Å²) in [7, 11) is 0. The molecule has 2 bridgehead atoms. The van der Waals surface area contributed by atoms with E-state index >= 15 is 0 Å².